The van der Waals surface area contributed by atoms with E-state index in [1.54, 1.807) is 0 Å². The molecule has 0 saturated heterocycles. The number of allylic oxidation sites excluding steroid dienone is 2. The summed E-state index contributed by atoms with van der Waals surface area (Å²) in [5.74, 6) is -1.12. The molecule has 0 bridgehead atoms. The molecule has 0 aromatic rings. The monoisotopic (exact) mass is 394 g/mol. The van der Waals surface area contributed by atoms with Gasteiger partial charge in [0.1, 0.15) is 0 Å². The summed E-state index contributed by atoms with van der Waals surface area (Å²) in [5, 5.41) is 0. The minimum Gasteiger partial charge on any atom is -0.421 e. The number of carbonyl (C=O) groups excluding carboxylic acids is 1. The van der Waals surface area contributed by atoms with E-state index in [0.717, 1.165) is 49.7 Å². The van der Waals surface area contributed by atoms with E-state index in [1.807, 2.05) is 0 Å². The van der Waals surface area contributed by atoms with Crippen LogP contribution in [0.1, 0.15) is 84.0 Å². The van der Waals surface area contributed by atoms with Crippen molar-refractivity contribution in [2.75, 3.05) is 0 Å². The Morgan fingerprint density at radius 2 is 1.64 bits per heavy atom. The van der Waals surface area contributed by atoms with Crippen LogP contribution in [0.4, 0.5) is 8.78 Å². The largest absolute Gasteiger partial charge is 0.421 e. The molecule has 2 fully saturated rings. The fourth-order valence-corrected chi connectivity index (χ4v) is 5.36. The molecule has 4 heteroatoms. The van der Waals surface area contributed by atoms with Crippen molar-refractivity contribution in [3.63, 3.8) is 0 Å². The van der Waals surface area contributed by atoms with Crippen molar-refractivity contribution >= 4 is 5.97 Å². The fraction of sp³-hybridized carbons (Fsp3) is 0.792. The second kappa shape index (κ2) is 10.0. The summed E-state index contributed by atoms with van der Waals surface area (Å²) in [6, 6.07) is 0. The van der Waals surface area contributed by atoms with E-state index in [4.69, 9.17) is 4.74 Å². The van der Waals surface area contributed by atoms with Gasteiger partial charge in [0.15, 0.2) is 6.17 Å². The highest BCUT2D eigenvalue weighted by Gasteiger charge is 2.43. The van der Waals surface area contributed by atoms with E-state index < -0.39 is 18.0 Å². The predicted octanol–water partition coefficient (Wildman–Crippen LogP) is 6.85. The van der Waals surface area contributed by atoms with Gasteiger partial charge >= 0.3 is 11.8 Å². The maximum atomic E-state index is 14.5. The molecule has 2 unspecified atom stereocenters. The lowest BCUT2D eigenvalue weighted by Crippen LogP contribution is -2.40. The molecule has 0 amide bonds. The molecular weight excluding hydrogens is 358 g/mol. The lowest BCUT2D eigenvalue weighted by atomic mass is 9.68. The molecule has 2 nitrogen and oxygen atoms in total. The number of unbranched alkanes of at least 4 members (excludes halogenated alkanes) is 2. The third-order valence-corrected chi connectivity index (χ3v) is 7.23. The van der Waals surface area contributed by atoms with E-state index in [-0.39, 0.29) is 5.92 Å². The molecule has 2 saturated carbocycles. The molecule has 158 valence electrons. The molecule has 0 aromatic heterocycles. The Morgan fingerprint density at radius 1 is 1.00 bits per heavy atom. The number of esters is 1. The number of rotatable bonds is 7. The van der Waals surface area contributed by atoms with Crippen LogP contribution in [0.2, 0.25) is 0 Å². The zero-order valence-electron chi connectivity index (χ0n) is 17.3. The minimum atomic E-state index is -2.64. The van der Waals surface area contributed by atoms with Crippen molar-refractivity contribution < 1.29 is 18.3 Å². The van der Waals surface area contributed by atoms with Crippen LogP contribution >= 0.6 is 0 Å². The molecule has 2 atom stereocenters. The van der Waals surface area contributed by atoms with Crippen LogP contribution in [-0.4, -0.2) is 18.0 Å². The van der Waals surface area contributed by atoms with Gasteiger partial charge in [-0.05, 0) is 68.4 Å². The summed E-state index contributed by atoms with van der Waals surface area (Å²) in [6.07, 6.45) is 17.3. The maximum Gasteiger partial charge on any atom is 0.312 e. The van der Waals surface area contributed by atoms with Gasteiger partial charge in [-0.3, -0.25) is 4.79 Å². The summed E-state index contributed by atoms with van der Waals surface area (Å²) >= 11 is 0. The van der Waals surface area contributed by atoms with Gasteiger partial charge in [-0.2, -0.15) is 4.39 Å². The second-order valence-corrected chi connectivity index (χ2v) is 9.15. The summed E-state index contributed by atoms with van der Waals surface area (Å²) in [7, 11) is 0. The van der Waals surface area contributed by atoms with E-state index in [2.05, 4.69) is 6.92 Å². The number of carbonyl (C=O) groups is 1. The molecule has 0 spiro atoms. The summed E-state index contributed by atoms with van der Waals surface area (Å²) < 4.78 is 33.3. The zero-order valence-corrected chi connectivity index (χ0v) is 17.3. The quantitative estimate of drug-likeness (QED) is 0.348. The van der Waals surface area contributed by atoms with Gasteiger partial charge in [-0.25, -0.2) is 4.39 Å². The topological polar surface area (TPSA) is 26.3 Å². The maximum absolute atomic E-state index is 14.5. The highest BCUT2D eigenvalue weighted by molar-refractivity contribution is 5.73. The first-order chi connectivity index (χ1) is 13.5. The van der Waals surface area contributed by atoms with Crippen molar-refractivity contribution in [2.24, 2.45) is 23.7 Å². The van der Waals surface area contributed by atoms with Crippen LogP contribution in [0.3, 0.4) is 0 Å². The Morgan fingerprint density at radius 3 is 2.25 bits per heavy atom. The summed E-state index contributed by atoms with van der Waals surface area (Å²) in [4.78, 5) is 12.4. The Balaban J connectivity index is 1.39. The molecule has 0 heterocycles. The Hall–Kier alpha value is -1.19. The molecule has 3 rings (SSSR count). The summed E-state index contributed by atoms with van der Waals surface area (Å²) in [5.41, 5.74) is 0. The smallest absolute Gasteiger partial charge is 0.312 e. The molecule has 0 aromatic carbocycles. The van der Waals surface area contributed by atoms with Gasteiger partial charge in [0, 0.05) is 0 Å². The predicted molar refractivity (Wildman–Crippen MR) is 108 cm³/mol. The third kappa shape index (κ3) is 5.45. The molecular formula is C24H36F2O2. The standard InChI is InChI=1S/C24H36F2O2/c1-2-3-4-7-18-9-11-19(12-10-18)20-13-15-21(16-14-20)23(27)28-24(26)17-6-5-8-22(24)25/h5-6,8,17-22H,2-4,7,9-16H2,1H3. The van der Waals surface area contributed by atoms with Crippen molar-refractivity contribution in [1.82, 2.24) is 0 Å². The van der Waals surface area contributed by atoms with Gasteiger partial charge in [0.2, 0.25) is 0 Å². The van der Waals surface area contributed by atoms with Crippen LogP contribution in [0, 0.1) is 23.7 Å². The second-order valence-electron chi connectivity index (χ2n) is 9.15. The van der Waals surface area contributed by atoms with Crippen LogP contribution in [0.5, 0.6) is 0 Å². The van der Waals surface area contributed by atoms with E-state index in [0.29, 0.717) is 5.92 Å². The first-order valence-electron chi connectivity index (χ1n) is 11.4. The number of alkyl halides is 2. The lowest BCUT2D eigenvalue weighted by molar-refractivity contribution is -0.186. The summed E-state index contributed by atoms with van der Waals surface area (Å²) in [6.45, 7) is 2.26. The van der Waals surface area contributed by atoms with Crippen molar-refractivity contribution in [3.8, 4) is 0 Å². The lowest BCUT2D eigenvalue weighted by Gasteiger charge is -2.38. The van der Waals surface area contributed by atoms with Crippen molar-refractivity contribution in [2.45, 2.75) is 96.0 Å². The SMILES string of the molecule is CCCCCC1CCC(C2CCC(C(=O)OC3(F)C=CC=CC3F)CC2)CC1. The first kappa shape index (κ1) is 21.5. The average Bonchev–Trinajstić information content (AvgIpc) is 2.71. The van der Waals surface area contributed by atoms with E-state index >= 15 is 0 Å². The Kier molecular flexibility index (Phi) is 7.70. The van der Waals surface area contributed by atoms with Gasteiger partial charge in [0.25, 0.3) is 0 Å². The molecule has 0 aliphatic heterocycles. The highest BCUT2D eigenvalue weighted by atomic mass is 19.2. The van der Waals surface area contributed by atoms with Gasteiger partial charge in [0.05, 0.1) is 5.92 Å². The van der Waals surface area contributed by atoms with Crippen LogP contribution in [0.25, 0.3) is 0 Å². The van der Waals surface area contributed by atoms with Crippen LogP contribution in [-0.2, 0) is 9.53 Å². The first-order valence-corrected chi connectivity index (χ1v) is 11.4. The molecule has 3 aliphatic carbocycles. The number of hydrogen-bond donors (Lipinski definition) is 0. The normalized spacial score (nSPS) is 38.3. The fourth-order valence-electron chi connectivity index (χ4n) is 5.36. The van der Waals surface area contributed by atoms with Crippen molar-refractivity contribution in [3.05, 3.63) is 24.3 Å². The Bertz CT molecular complexity index is 557. The van der Waals surface area contributed by atoms with Crippen LogP contribution in [0.15, 0.2) is 24.3 Å². The van der Waals surface area contributed by atoms with Crippen LogP contribution < -0.4 is 0 Å². The van der Waals surface area contributed by atoms with E-state index in [1.165, 1.54) is 63.5 Å². The van der Waals surface area contributed by atoms with Gasteiger partial charge < -0.3 is 4.74 Å². The zero-order chi connectivity index (χ0) is 20.0. The Labute approximate surface area is 168 Å². The third-order valence-electron chi connectivity index (χ3n) is 7.23. The van der Waals surface area contributed by atoms with Gasteiger partial charge in [-0.1, -0.05) is 57.6 Å². The number of halogens is 2. The number of ether oxygens (including phenoxy) is 1. The average molecular weight is 395 g/mol. The minimum absolute atomic E-state index is 0.291. The molecule has 0 radical (unpaired) electrons. The van der Waals surface area contributed by atoms with Gasteiger partial charge in [-0.15, -0.1) is 0 Å². The molecule has 3 aliphatic rings. The van der Waals surface area contributed by atoms with E-state index in [9.17, 15) is 13.6 Å². The highest BCUT2D eigenvalue weighted by Crippen LogP contribution is 2.43. The van der Waals surface area contributed by atoms with Crippen molar-refractivity contribution in [1.29, 1.82) is 0 Å². The number of hydrogen-bond acceptors (Lipinski definition) is 2. The molecule has 28 heavy (non-hydrogen) atoms. The molecule has 0 N–H and O–H groups in total.